The Balaban J connectivity index is 0. The van der Waals surface area contributed by atoms with Crippen LogP contribution in [0.4, 0.5) is 11.4 Å². The molecule has 0 atom stereocenters. The van der Waals surface area contributed by atoms with Crippen LogP contribution in [0.2, 0.25) is 0 Å². The van der Waals surface area contributed by atoms with Crippen LogP contribution in [-0.4, -0.2) is 26.2 Å². The van der Waals surface area contributed by atoms with Gasteiger partial charge in [0.05, 0.1) is 0 Å². The van der Waals surface area contributed by atoms with E-state index >= 15 is 0 Å². The van der Waals surface area contributed by atoms with Crippen molar-refractivity contribution in [1.82, 2.24) is 5.32 Å². The summed E-state index contributed by atoms with van der Waals surface area (Å²) in [7, 11) is 0. The van der Waals surface area contributed by atoms with Gasteiger partial charge in [-0.1, -0.05) is 90.8 Å². The molecule has 6 heteroatoms. The van der Waals surface area contributed by atoms with Crippen molar-refractivity contribution in [3.05, 3.63) is 57.6 Å². The summed E-state index contributed by atoms with van der Waals surface area (Å²) >= 11 is 0. The van der Waals surface area contributed by atoms with Gasteiger partial charge in [-0.25, -0.2) is 0 Å². The third-order valence-electron chi connectivity index (χ3n) is 6.61. The summed E-state index contributed by atoms with van der Waals surface area (Å²) in [5.41, 5.74) is 11.2. The summed E-state index contributed by atoms with van der Waals surface area (Å²) in [4.78, 5) is 0. The topological polar surface area (TPSA) is 36.1 Å². The van der Waals surface area contributed by atoms with Gasteiger partial charge in [0.25, 0.3) is 0 Å². The molecule has 213 valence electrons. The Labute approximate surface area is 259 Å². The first-order valence-electron chi connectivity index (χ1n) is 13.5. The van der Waals surface area contributed by atoms with Gasteiger partial charge in [-0.15, -0.1) is 0 Å². The van der Waals surface area contributed by atoms with Gasteiger partial charge in [0.1, 0.15) is 0 Å². The first-order chi connectivity index (χ1) is 16.0. The molecule has 0 saturated heterocycles. The number of benzene rings is 2. The molecule has 3 N–H and O–H groups in total. The second-order valence-electron chi connectivity index (χ2n) is 11.2. The van der Waals surface area contributed by atoms with Gasteiger partial charge in [-0.3, -0.25) is 0 Å². The number of aryl methyl sites for hydroxylation is 2. The Hall–Kier alpha value is -0.534. The van der Waals surface area contributed by atoms with Crippen LogP contribution in [0.1, 0.15) is 119 Å². The van der Waals surface area contributed by atoms with E-state index in [0.717, 1.165) is 32.6 Å². The van der Waals surface area contributed by atoms with E-state index < -0.39 is 0 Å². The van der Waals surface area contributed by atoms with Crippen molar-refractivity contribution < 1.29 is 50.7 Å². The first-order valence-corrected chi connectivity index (χ1v) is 13.5. The molecule has 0 amide bonds. The molecule has 0 heterocycles. The van der Waals surface area contributed by atoms with Gasteiger partial charge >= 0.3 is 16.8 Å². The molecular weight excluding hydrogens is 633 g/mol. The van der Waals surface area contributed by atoms with E-state index in [4.69, 9.17) is 0 Å². The summed E-state index contributed by atoms with van der Waals surface area (Å²) in [5, 5.41) is 11.2. The molecule has 3 nitrogen and oxygen atoms in total. The number of hydrogen-bond donors (Lipinski definition) is 3. The molecule has 2 aromatic carbocycles. The van der Waals surface area contributed by atoms with Crippen LogP contribution < -0.4 is 49.9 Å². The molecule has 0 aliphatic heterocycles. The molecule has 0 bridgehead atoms. The standard InChI is InChI=1S/C31H51N3.2BrH.Co/c1-20(2)26-16-24(9)17-27(21(3)4)30(26)33-13-11-12-32-14-15-34-31-28(22(5)6)18-25(10)19-29(31)23(7)8;;;/h16-23,32-34H,11-15H2,1-10H3;2*1H;/q;;;+2/p-2. The summed E-state index contributed by atoms with van der Waals surface area (Å²) in [6.45, 7) is 26.7. The third kappa shape index (κ3) is 11.6. The fraction of sp³-hybridized carbons (Fsp3) is 0.613. The molecular formula is C31H51Br2CoN3. The van der Waals surface area contributed by atoms with Gasteiger partial charge in [0.15, 0.2) is 0 Å². The van der Waals surface area contributed by atoms with Crippen LogP contribution in [0.15, 0.2) is 24.3 Å². The number of rotatable bonds is 13. The second-order valence-corrected chi connectivity index (χ2v) is 11.2. The maximum atomic E-state index is 3.78. The number of hydrogen-bond acceptors (Lipinski definition) is 3. The Morgan fingerprint density at radius 1 is 0.514 bits per heavy atom. The molecule has 1 radical (unpaired) electrons. The fourth-order valence-electron chi connectivity index (χ4n) is 4.74. The number of anilines is 2. The molecule has 0 aliphatic carbocycles. The average molecular weight is 685 g/mol. The summed E-state index contributed by atoms with van der Waals surface area (Å²) < 4.78 is 0. The van der Waals surface area contributed by atoms with Crippen molar-refractivity contribution >= 4 is 11.4 Å². The summed E-state index contributed by atoms with van der Waals surface area (Å²) in [5.74, 6) is 2.09. The van der Waals surface area contributed by atoms with Crippen LogP contribution >= 0.6 is 0 Å². The Morgan fingerprint density at radius 3 is 1.16 bits per heavy atom. The van der Waals surface area contributed by atoms with Gasteiger partial charge in [-0.2, -0.15) is 0 Å². The molecule has 0 fully saturated rings. The molecule has 0 spiro atoms. The van der Waals surface area contributed by atoms with Crippen molar-refractivity contribution in [3.8, 4) is 0 Å². The van der Waals surface area contributed by atoms with E-state index in [9.17, 15) is 0 Å². The number of halogens is 2. The summed E-state index contributed by atoms with van der Waals surface area (Å²) in [6.07, 6.45) is 1.11. The van der Waals surface area contributed by atoms with Crippen molar-refractivity contribution in [1.29, 1.82) is 0 Å². The van der Waals surface area contributed by atoms with E-state index in [2.05, 4.69) is 109 Å². The Kier molecular flexibility index (Phi) is 19.5. The minimum Gasteiger partial charge on any atom is -1.00 e. The van der Waals surface area contributed by atoms with Crippen LogP contribution in [0.3, 0.4) is 0 Å². The fourth-order valence-corrected chi connectivity index (χ4v) is 4.74. The Morgan fingerprint density at radius 2 is 0.838 bits per heavy atom. The second kappa shape index (κ2) is 18.7. The zero-order chi connectivity index (χ0) is 25.4. The average Bonchev–Trinajstić information content (AvgIpc) is 2.75. The Bertz CT molecular complexity index is 793. The third-order valence-corrected chi connectivity index (χ3v) is 6.61. The van der Waals surface area contributed by atoms with Crippen molar-refractivity contribution in [2.75, 3.05) is 36.8 Å². The van der Waals surface area contributed by atoms with Gasteiger partial charge in [0.2, 0.25) is 0 Å². The SMILES string of the molecule is Cc1cc(C(C)C)c(NCCCNCCNc2c(C(C)C)cc(C)cc2C(C)C)c(C(C)C)c1.[Br-].[Br-].[Co+2]. The van der Waals surface area contributed by atoms with Gasteiger partial charge in [0, 0.05) is 31.0 Å². The predicted molar refractivity (Wildman–Crippen MR) is 153 cm³/mol. The number of nitrogens with one attached hydrogen (secondary N) is 3. The van der Waals surface area contributed by atoms with Crippen molar-refractivity contribution in [2.24, 2.45) is 0 Å². The van der Waals surface area contributed by atoms with E-state index in [-0.39, 0.29) is 50.7 Å². The molecule has 0 aromatic heterocycles. The van der Waals surface area contributed by atoms with Crippen LogP contribution in [-0.2, 0) is 16.8 Å². The quantitative estimate of drug-likeness (QED) is 0.284. The molecule has 2 rings (SSSR count). The monoisotopic (exact) mass is 682 g/mol. The van der Waals surface area contributed by atoms with E-state index in [1.54, 1.807) is 0 Å². The zero-order valence-electron chi connectivity index (χ0n) is 24.7. The maximum absolute atomic E-state index is 3.78. The van der Waals surface area contributed by atoms with Crippen molar-refractivity contribution in [2.45, 2.75) is 99.3 Å². The van der Waals surface area contributed by atoms with E-state index in [0.29, 0.717) is 23.7 Å². The minimum absolute atomic E-state index is 0. The normalized spacial score (nSPS) is 10.9. The van der Waals surface area contributed by atoms with Crippen molar-refractivity contribution in [3.63, 3.8) is 0 Å². The minimum atomic E-state index is 0. The molecule has 0 aliphatic rings. The molecule has 0 unspecified atom stereocenters. The maximum Gasteiger partial charge on any atom is 2.00 e. The largest absolute Gasteiger partial charge is 2.00 e. The zero-order valence-corrected chi connectivity index (χ0v) is 29.0. The predicted octanol–water partition coefficient (Wildman–Crippen LogP) is 2.31. The van der Waals surface area contributed by atoms with Gasteiger partial charge < -0.3 is 49.9 Å². The molecule has 2 aromatic rings. The van der Waals surface area contributed by atoms with E-state index in [1.165, 1.54) is 44.8 Å². The van der Waals surface area contributed by atoms with Crippen LogP contribution in [0.5, 0.6) is 0 Å². The van der Waals surface area contributed by atoms with Crippen LogP contribution in [0, 0.1) is 13.8 Å². The van der Waals surface area contributed by atoms with Crippen LogP contribution in [0.25, 0.3) is 0 Å². The van der Waals surface area contributed by atoms with E-state index in [1.807, 2.05) is 0 Å². The summed E-state index contributed by atoms with van der Waals surface area (Å²) in [6, 6.07) is 9.40. The molecule has 0 saturated carbocycles. The molecule has 37 heavy (non-hydrogen) atoms. The first kappa shape index (κ1) is 38.6. The van der Waals surface area contributed by atoms with Gasteiger partial charge in [-0.05, 0) is 72.7 Å². The smallest absolute Gasteiger partial charge is 1.00 e.